The van der Waals surface area contributed by atoms with Gasteiger partial charge in [0.1, 0.15) is 6.07 Å². The summed E-state index contributed by atoms with van der Waals surface area (Å²) in [5, 5.41) is 9.15. The monoisotopic (exact) mass is 371 g/mol. The Balaban J connectivity index is 2.79. The molecule has 15 heavy (non-hydrogen) atoms. The van der Waals surface area contributed by atoms with Crippen molar-refractivity contribution in [1.82, 2.24) is 0 Å². The average molecular weight is 373 g/mol. The van der Waals surface area contributed by atoms with Crippen molar-refractivity contribution in [2.24, 2.45) is 0 Å². The molecule has 0 saturated heterocycles. The van der Waals surface area contributed by atoms with E-state index in [9.17, 15) is 4.21 Å². The first-order valence-corrected chi connectivity index (χ1v) is 6.64. The third-order valence-corrected chi connectivity index (χ3v) is 3.73. The third-order valence-electron chi connectivity index (χ3n) is 1.32. The number of alkyl halides is 2. The summed E-state index contributed by atoms with van der Waals surface area (Å²) in [5.74, 6) is 0. The molecule has 0 amide bonds. The van der Waals surface area contributed by atoms with Crippen LogP contribution in [0.25, 0.3) is 0 Å². The fourth-order valence-electron chi connectivity index (χ4n) is 0.708. The van der Waals surface area contributed by atoms with E-state index in [1.54, 1.807) is 30.3 Å². The van der Waals surface area contributed by atoms with Crippen molar-refractivity contribution in [3.63, 3.8) is 0 Å². The Hall–Kier alpha value is 0.0700. The van der Waals surface area contributed by atoms with Crippen LogP contribution in [-0.2, 0) is 15.3 Å². The standard InChI is InChI=1S/C8H4Br2ClNO2S/c9-8(10,5-12)14-15(13)7-3-1-6(11)2-4-7/h1-4H. The molecule has 0 bridgehead atoms. The molecule has 1 aromatic rings. The van der Waals surface area contributed by atoms with E-state index in [1.807, 2.05) is 0 Å². The summed E-state index contributed by atoms with van der Waals surface area (Å²) in [5.41, 5.74) is 0. The zero-order chi connectivity index (χ0) is 11.5. The van der Waals surface area contributed by atoms with E-state index < -0.39 is 14.5 Å². The lowest BCUT2D eigenvalue weighted by Crippen LogP contribution is -2.15. The summed E-state index contributed by atoms with van der Waals surface area (Å²) in [6.07, 6.45) is 0. The Morgan fingerprint density at radius 2 is 1.93 bits per heavy atom. The van der Waals surface area contributed by atoms with Gasteiger partial charge in [-0.1, -0.05) is 11.6 Å². The molecule has 1 atom stereocenters. The van der Waals surface area contributed by atoms with Gasteiger partial charge in [-0.05, 0) is 56.1 Å². The molecule has 0 aliphatic rings. The first-order valence-electron chi connectivity index (χ1n) is 3.60. The molecular weight excluding hydrogens is 369 g/mol. The number of halogens is 3. The zero-order valence-corrected chi connectivity index (χ0v) is 11.9. The molecule has 0 fully saturated rings. The molecule has 0 N–H and O–H groups in total. The molecule has 0 radical (unpaired) electrons. The number of hydrogen-bond acceptors (Lipinski definition) is 3. The zero-order valence-electron chi connectivity index (χ0n) is 7.12. The van der Waals surface area contributed by atoms with Crippen LogP contribution in [0.3, 0.4) is 0 Å². The minimum Gasteiger partial charge on any atom is -0.242 e. The SMILES string of the molecule is N#CC(Br)(Br)OS(=O)c1ccc(Cl)cc1. The minimum absolute atomic E-state index is 0.429. The largest absolute Gasteiger partial charge is 0.279 e. The van der Waals surface area contributed by atoms with Crippen molar-refractivity contribution in [1.29, 1.82) is 5.26 Å². The highest BCUT2D eigenvalue weighted by Gasteiger charge is 2.26. The van der Waals surface area contributed by atoms with Crippen LogP contribution in [0, 0.1) is 11.3 Å². The first kappa shape index (κ1) is 13.1. The van der Waals surface area contributed by atoms with Crippen molar-refractivity contribution in [2.45, 2.75) is 8.32 Å². The van der Waals surface area contributed by atoms with E-state index in [4.69, 9.17) is 21.0 Å². The molecule has 0 aliphatic carbocycles. The fraction of sp³-hybridized carbons (Fsp3) is 0.125. The van der Waals surface area contributed by atoms with Gasteiger partial charge in [-0.2, -0.15) is 5.26 Å². The van der Waals surface area contributed by atoms with Crippen molar-refractivity contribution in [3.8, 4) is 6.07 Å². The van der Waals surface area contributed by atoms with Crippen LogP contribution in [0.2, 0.25) is 5.02 Å². The van der Waals surface area contributed by atoms with Gasteiger partial charge in [-0.3, -0.25) is 0 Å². The van der Waals surface area contributed by atoms with Gasteiger partial charge in [0.15, 0.2) is 11.1 Å². The van der Waals surface area contributed by atoms with Crippen LogP contribution >= 0.6 is 43.5 Å². The summed E-state index contributed by atoms with van der Waals surface area (Å²) in [6, 6.07) is 8.05. The van der Waals surface area contributed by atoms with E-state index in [2.05, 4.69) is 31.9 Å². The second-order valence-electron chi connectivity index (χ2n) is 2.40. The molecule has 0 saturated carbocycles. The van der Waals surface area contributed by atoms with Gasteiger partial charge in [-0.25, -0.2) is 8.39 Å². The smallest absolute Gasteiger partial charge is 0.242 e. The maximum atomic E-state index is 11.6. The van der Waals surface area contributed by atoms with Gasteiger partial charge >= 0.3 is 0 Å². The third kappa shape index (κ3) is 4.21. The summed E-state index contributed by atoms with van der Waals surface area (Å²) in [4.78, 5) is 0.429. The molecule has 1 rings (SSSR count). The van der Waals surface area contributed by atoms with Crippen molar-refractivity contribution in [3.05, 3.63) is 29.3 Å². The summed E-state index contributed by atoms with van der Waals surface area (Å²) >= 11 is 9.75. The van der Waals surface area contributed by atoms with Gasteiger partial charge in [0.25, 0.3) is 3.42 Å². The minimum atomic E-state index is -1.74. The van der Waals surface area contributed by atoms with Crippen LogP contribution in [-0.4, -0.2) is 7.63 Å². The van der Waals surface area contributed by atoms with Crippen LogP contribution in [0.15, 0.2) is 29.2 Å². The lowest BCUT2D eigenvalue weighted by molar-refractivity contribution is 0.354. The van der Waals surface area contributed by atoms with Gasteiger partial charge in [0.05, 0.1) is 4.90 Å². The lowest BCUT2D eigenvalue weighted by atomic mass is 10.4. The Morgan fingerprint density at radius 3 is 2.40 bits per heavy atom. The Bertz CT molecular complexity index is 416. The molecule has 1 aromatic carbocycles. The maximum absolute atomic E-state index is 11.6. The molecule has 0 heterocycles. The van der Waals surface area contributed by atoms with Crippen LogP contribution in [0.5, 0.6) is 0 Å². The van der Waals surface area contributed by atoms with E-state index >= 15 is 0 Å². The number of hydrogen-bond donors (Lipinski definition) is 0. The number of benzene rings is 1. The predicted octanol–water partition coefficient (Wildman–Crippen LogP) is 3.35. The van der Waals surface area contributed by atoms with E-state index in [0.29, 0.717) is 9.92 Å². The number of nitriles is 1. The number of rotatable bonds is 3. The second kappa shape index (κ2) is 5.41. The molecule has 0 aliphatic heterocycles. The molecule has 3 nitrogen and oxygen atoms in total. The highest BCUT2D eigenvalue weighted by Crippen LogP contribution is 2.29. The normalized spacial score (nSPS) is 13.2. The molecule has 7 heteroatoms. The highest BCUT2D eigenvalue weighted by atomic mass is 79.9. The van der Waals surface area contributed by atoms with Crippen molar-refractivity contribution in [2.75, 3.05) is 0 Å². The lowest BCUT2D eigenvalue weighted by Gasteiger charge is -2.10. The first-order chi connectivity index (χ1) is 6.94. The van der Waals surface area contributed by atoms with Gasteiger partial charge in [-0.15, -0.1) is 0 Å². The summed E-state index contributed by atoms with van der Waals surface area (Å²) < 4.78 is 15.0. The molecule has 0 spiro atoms. The van der Waals surface area contributed by atoms with Crippen molar-refractivity contribution < 1.29 is 8.39 Å². The molecule has 1 unspecified atom stereocenters. The molecular formula is C8H4Br2ClNO2S. The van der Waals surface area contributed by atoms with E-state index in [0.717, 1.165) is 0 Å². The number of nitrogens with zero attached hydrogens (tertiary/aromatic N) is 1. The van der Waals surface area contributed by atoms with Gasteiger partial charge in [0.2, 0.25) is 0 Å². The highest BCUT2D eigenvalue weighted by molar-refractivity contribution is 9.25. The quantitative estimate of drug-likeness (QED) is 0.764. The van der Waals surface area contributed by atoms with E-state index in [1.165, 1.54) is 0 Å². The molecule has 80 valence electrons. The average Bonchev–Trinajstić information content (AvgIpc) is 2.18. The summed E-state index contributed by atoms with van der Waals surface area (Å²) in [6.45, 7) is 0. The Labute approximate surface area is 111 Å². The fourth-order valence-corrected chi connectivity index (χ4v) is 2.24. The predicted molar refractivity (Wildman–Crippen MR) is 65.1 cm³/mol. The van der Waals surface area contributed by atoms with E-state index in [-0.39, 0.29) is 0 Å². The second-order valence-corrected chi connectivity index (χ2v) is 7.24. The Kier molecular flexibility index (Phi) is 4.74. The van der Waals surface area contributed by atoms with Crippen molar-refractivity contribution >= 4 is 54.5 Å². The van der Waals surface area contributed by atoms with Gasteiger partial charge < -0.3 is 0 Å². The maximum Gasteiger partial charge on any atom is 0.279 e. The van der Waals surface area contributed by atoms with Crippen LogP contribution < -0.4 is 0 Å². The topological polar surface area (TPSA) is 50.1 Å². The van der Waals surface area contributed by atoms with Gasteiger partial charge in [0, 0.05) is 5.02 Å². The summed E-state index contributed by atoms with van der Waals surface area (Å²) in [7, 11) is 0. The van der Waals surface area contributed by atoms with Crippen LogP contribution in [0.4, 0.5) is 0 Å². The van der Waals surface area contributed by atoms with Crippen LogP contribution in [0.1, 0.15) is 0 Å². The Morgan fingerprint density at radius 1 is 1.40 bits per heavy atom. The molecule has 0 aromatic heterocycles.